The predicted octanol–water partition coefficient (Wildman–Crippen LogP) is 1.93. The van der Waals surface area contributed by atoms with Crippen LogP contribution in [0.15, 0.2) is 0 Å². The molecule has 0 bridgehead atoms. The first-order chi connectivity index (χ1) is 4.83. The smallest absolute Gasteiger partial charge is 0.0210 e. The van der Waals surface area contributed by atoms with Gasteiger partial charge in [-0.05, 0) is 31.7 Å². The Bertz CT molecular complexity index is 123. The van der Waals surface area contributed by atoms with E-state index in [1.807, 2.05) is 0 Å². The van der Waals surface area contributed by atoms with E-state index in [4.69, 9.17) is 0 Å². The highest BCUT2D eigenvalue weighted by molar-refractivity contribution is 5.08. The van der Waals surface area contributed by atoms with E-state index in [2.05, 4.69) is 12.2 Å². The van der Waals surface area contributed by atoms with E-state index >= 15 is 0 Å². The molecule has 1 aliphatic heterocycles. The summed E-state index contributed by atoms with van der Waals surface area (Å²) in [6.45, 7) is 3.64. The fourth-order valence-electron chi connectivity index (χ4n) is 2.25. The molecule has 10 heavy (non-hydrogen) atoms. The summed E-state index contributed by atoms with van der Waals surface area (Å²) in [5, 5.41) is 3.68. The Labute approximate surface area is 63.2 Å². The summed E-state index contributed by atoms with van der Waals surface area (Å²) in [6.07, 6.45) is 7.18. The van der Waals surface area contributed by atoms with E-state index < -0.39 is 0 Å². The van der Waals surface area contributed by atoms with Crippen LogP contribution in [0.5, 0.6) is 0 Å². The van der Waals surface area contributed by atoms with E-state index in [1.54, 1.807) is 0 Å². The molecule has 1 aliphatic carbocycles. The fourth-order valence-corrected chi connectivity index (χ4v) is 2.25. The van der Waals surface area contributed by atoms with Crippen molar-refractivity contribution in [2.24, 2.45) is 5.92 Å². The Morgan fingerprint density at radius 2 is 2.10 bits per heavy atom. The molecule has 0 aromatic rings. The largest absolute Gasteiger partial charge is 0.311 e. The molecule has 58 valence electrons. The second-order valence-corrected chi connectivity index (χ2v) is 4.00. The molecule has 1 saturated heterocycles. The minimum Gasteiger partial charge on any atom is -0.311 e. The SMILES string of the molecule is C[C@@H]1CC12CCCCCN2. The molecule has 0 aromatic carbocycles. The topological polar surface area (TPSA) is 12.0 Å². The van der Waals surface area contributed by atoms with Gasteiger partial charge in [-0.25, -0.2) is 0 Å². The number of hydrogen-bond donors (Lipinski definition) is 1. The van der Waals surface area contributed by atoms with Gasteiger partial charge in [-0.15, -0.1) is 0 Å². The Balaban J connectivity index is 1.95. The molecule has 0 radical (unpaired) electrons. The van der Waals surface area contributed by atoms with E-state index in [0.29, 0.717) is 5.54 Å². The van der Waals surface area contributed by atoms with Gasteiger partial charge in [0.2, 0.25) is 0 Å². The first kappa shape index (κ1) is 6.66. The summed E-state index contributed by atoms with van der Waals surface area (Å²) in [4.78, 5) is 0. The lowest BCUT2D eigenvalue weighted by atomic mass is 10.1. The van der Waals surface area contributed by atoms with Gasteiger partial charge < -0.3 is 5.32 Å². The molecule has 1 spiro atoms. The maximum absolute atomic E-state index is 3.68. The summed E-state index contributed by atoms with van der Waals surface area (Å²) in [7, 11) is 0. The van der Waals surface area contributed by atoms with Crippen molar-refractivity contribution in [3.63, 3.8) is 0 Å². The van der Waals surface area contributed by atoms with Gasteiger partial charge >= 0.3 is 0 Å². The number of hydrogen-bond acceptors (Lipinski definition) is 1. The van der Waals surface area contributed by atoms with Crippen LogP contribution < -0.4 is 5.32 Å². The average Bonchev–Trinajstić information content (AvgIpc) is 2.60. The van der Waals surface area contributed by atoms with Crippen molar-refractivity contribution in [1.29, 1.82) is 0 Å². The second kappa shape index (κ2) is 2.23. The monoisotopic (exact) mass is 139 g/mol. The van der Waals surface area contributed by atoms with E-state index in [1.165, 1.54) is 38.6 Å². The highest BCUT2D eigenvalue weighted by Crippen LogP contribution is 2.47. The van der Waals surface area contributed by atoms with Crippen LogP contribution in [0.1, 0.15) is 39.0 Å². The standard InChI is InChI=1S/C9H17N/c1-8-7-9(8)5-3-2-4-6-10-9/h8,10H,2-7H2,1H3/t8-,9?/m1/s1. The van der Waals surface area contributed by atoms with Gasteiger partial charge in [0.05, 0.1) is 0 Å². The van der Waals surface area contributed by atoms with Crippen molar-refractivity contribution in [3.05, 3.63) is 0 Å². The number of rotatable bonds is 0. The Hall–Kier alpha value is -0.0400. The molecule has 1 unspecified atom stereocenters. The molecule has 1 heteroatoms. The van der Waals surface area contributed by atoms with Crippen molar-refractivity contribution >= 4 is 0 Å². The lowest BCUT2D eigenvalue weighted by molar-refractivity contribution is 0.462. The summed E-state index contributed by atoms with van der Waals surface area (Å²) in [6, 6.07) is 0. The normalized spacial score (nSPS) is 47.1. The molecule has 2 rings (SSSR count). The highest BCUT2D eigenvalue weighted by atomic mass is 15.0. The van der Waals surface area contributed by atoms with Crippen LogP contribution in [0.2, 0.25) is 0 Å². The quantitative estimate of drug-likeness (QED) is 0.540. The summed E-state index contributed by atoms with van der Waals surface area (Å²) < 4.78 is 0. The Morgan fingerprint density at radius 1 is 1.30 bits per heavy atom. The minimum atomic E-state index is 0.622. The third-order valence-corrected chi connectivity index (χ3v) is 3.23. The van der Waals surface area contributed by atoms with Crippen LogP contribution in [0.4, 0.5) is 0 Å². The third-order valence-electron chi connectivity index (χ3n) is 3.23. The van der Waals surface area contributed by atoms with Crippen LogP contribution in [0.3, 0.4) is 0 Å². The Morgan fingerprint density at radius 3 is 2.80 bits per heavy atom. The minimum absolute atomic E-state index is 0.622. The molecule has 1 nitrogen and oxygen atoms in total. The third kappa shape index (κ3) is 0.968. The summed E-state index contributed by atoms with van der Waals surface area (Å²) in [5.74, 6) is 0.964. The lowest BCUT2D eigenvalue weighted by Gasteiger charge is -2.13. The van der Waals surface area contributed by atoms with Gasteiger partial charge in [-0.2, -0.15) is 0 Å². The van der Waals surface area contributed by atoms with Crippen LogP contribution in [0.25, 0.3) is 0 Å². The summed E-state index contributed by atoms with van der Waals surface area (Å²) >= 11 is 0. The van der Waals surface area contributed by atoms with Gasteiger partial charge in [-0.3, -0.25) is 0 Å². The van der Waals surface area contributed by atoms with Crippen molar-refractivity contribution in [3.8, 4) is 0 Å². The average molecular weight is 139 g/mol. The van der Waals surface area contributed by atoms with Crippen LogP contribution >= 0.6 is 0 Å². The fraction of sp³-hybridized carbons (Fsp3) is 1.00. The van der Waals surface area contributed by atoms with Crippen molar-refractivity contribution in [2.75, 3.05) is 6.54 Å². The highest BCUT2D eigenvalue weighted by Gasteiger charge is 2.49. The Kier molecular flexibility index (Phi) is 1.48. The van der Waals surface area contributed by atoms with Gasteiger partial charge in [0.25, 0.3) is 0 Å². The second-order valence-electron chi connectivity index (χ2n) is 4.00. The molecule has 2 aliphatic rings. The van der Waals surface area contributed by atoms with Crippen molar-refractivity contribution < 1.29 is 0 Å². The number of nitrogens with one attached hydrogen (secondary N) is 1. The van der Waals surface area contributed by atoms with E-state index in [9.17, 15) is 0 Å². The van der Waals surface area contributed by atoms with Crippen LogP contribution in [0, 0.1) is 5.92 Å². The molecule has 0 aromatic heterocycles. The van der Waals surface area contributed by atoms with Crippen LogP contribution in [-0.4, -0.2) is 12.1 Å². The van der Waals surface area contributed by atoms with Gasteiger partial charge in [0, 0.05) is 5.54 Å². The van der Waals surface area contributed by atoms with E-state index in [-0.39, 0.29) is 0 Å². The molecule has 1 saturated carbocycles. The van der Waals surface area contributed by atoms with E-state index in [0.717, 1.165) is 5.92 Å². The first-order valence-electron chi connectivity index (χ1n) is 4.58. The molecule has 2 fully saturated rings. The maximum Gasteiger partial charge on any atom is 0.0210 e. The van der Waals surface area contributed by atoms with Crippen LogP contribution in [-0.2, 0) is 0 Å². The molecule has 1 N–H and O–H groups in total. The van der Waals surface area contributed by atoms with Gasteiger partial charge in [0.1, 0.15) is 0 Å². The van der Waals surface area contributed by atoms with Crippen molar-refractivity contribution in [2.45, 2.75) is 44.6 Å². The maximum atomic E-state index is 3.68. The predicted molar refractivity (Wildman–Crippen MR) is 43.0 cm³/mol. The lowest BCUT2D eigenvalue weighted by Crippen LogP contribution is -2.31. The van der Waals surface area contributed by atoms with Crippen molar-refractivity contribution in [1.82, 2.24) is 5.32 Å². The summed E-state index contributed by atoms with van der Waals surface area (Å²) in [5.41, 5.74) is 0.622. The molecule has 1 heterocycles. The zero-order valence-electron chi connectivity index (χ0n) is 6.82. The zero-order chi connectivity index (χ0) is 7.03. The molecule has 0 amide bonds. The van der Waals surface area contributed by atoms with Gasteiger partial charge in [0.15, 0.2) is 0 Å². The van der Waals surface area contributed by atoms with Gasteiger partial charge in [-0.1, -0.05) is 19.8 Å². The zero-order valence-corrected chi connectivity index (χ0v) is 6.82. The molecular formula is C9H17N. The first-order valence-corrected chi connectivity index (χ1v) is 4.58. The molecule has 2 atom stereocenters. The molecular weight excluding hydrogens is 122 g/mol.